The first-order chi connectivity index (χ1) is 12.1. The standard InChI is InChI=1S/C20H15BrClNOS/c21-18-11-10-16(12-19(18)22)23-20(24)15-8-6-14(7-9-15)13-25-17-4-2-1-3-5-17/h1-12H,13H2,(H,23,24). The zero-order valence-electron chi connectivity index (χ0n) is 13.2. The van der Waals surface area contributed by atoms with Gasteiger partial charge in [-0.3, -0.25) is 4.79 Å². The molecule has 3 aromatic rings. The summed E-state index contributed by atoms with van der Waals surface area (Å²) in [6, 6.07) is 23.2. The predicted molar refractivity (Wildman–Crippen MR) is 110 cm³/mol. The first-order valence-corrected chi connectivity index (χ1v) is 9.81. The van der Waals surface area contributed by atoms with Crippen LogP contribution >= 0.6 is 39.3 Å². The molecule has 3 rings (SSSR count). The van der Waals surface area contributed by atoms with Crippen LogP contribution in [0, 0.1) is 0 Å². The van der Waals surface area contributed by atoms with Gasteiger partial charge in [-0.1, -0.05) is 41.9 Å². The van der Waals surface area contributed by atoms with Crippen LogP contribution in [-0.4, -0.2) is 5.91 Å². The van der Waals surface area contributed by atoms with E-state index in [4.69, 9.17) is 11.6 Å². The highest BCUT2D eigenvalue weighted by Crippen LogP contribution is 2.26. The van der Waals surface area contributed by atoms with E-state index in [2.05, 4.69) is 33.4 Å². The van der Waals surface area contributed by atoms with Gasteiger partial charge in [0.2, 0.25) is 0 Å². The van der Waals surface area contributed by atoms with E-state index >= 15 is 0 Å². The number of carbonyl (C=O) groups excluding carboxylic acids is 1. The maximum absolute atomic E-state index is 12.3. The molecule has 0 radical (unpaired) electrons. The maximum Gasteiger partial charge on any atom is 0.255 e. The zero-order chi connectivity index (χ0) is 17.6. The summed E-state index contributed by atoms with van der Waals surface area (Å²) >= 11 is 11.2. The molecule has 0 spiro atoms. The van der Waals surface area contributed by atoms with E-state index in [1.807, 2.05) is 48.5 Å². The average molecular weight is 433 g/mol. The van der Waals surface area contributed by atoms with E-state index in [1.165, 1.54) is 10.5 Å². The van der Waals surface area contributed by atoms with E-state index in [0.29, 0.717) is 16.3 Å². The van der Waals surface area contributed by atoms with Gasteiger partial charge in [-0.15, -0.1) is 11.8 Å². The molecule has 0 saturated carbocycles. The molecule has 1 amide bonds. The van der Waals surface area contributed by atoms with Crippen molar-refractivity contribution in [2.75, 3.05) is 5.32 Å². The highest BCUT2D eigenvalue weighted by Gasteiger charge is 2.07. The fourth-order valence-corrected chi connectivity index (χ4v) is 3.52. The van der Waals surface area contributed by atoms with Crippen LogP contribution in [0.1, 0.15) is 15.9 Å². The molecular formula is C20H15BrClNOS. The predicted octanol–water partition coefficient (Wildman–Crippen LogP) is 6.65. The summed E-state index contributed by atoms with van der Waals surface area (Å²) < 4.78 is 0.799. The summed E-state index contributed by atoms with van der Waals surface area (Å²) in [5.41, 5.74) is 2.46. The minimum Gasteiger partial charge on any atom is -0.322 e. The van der Waals surface area contributed by atoms with E-state index in [1.54, 1.807) is 23.9 Å². The van der Waals surface area contributed by atoms with Crippen LogP contribution in [0.3, 0.4) is 0 Å². The van der Waals surface area contributed by atoms with Gasteiger partial charge in [0.15, 0.2) is 0 Å². The molecular weight excluding hydrogens is 418 g/mol. The molecule has 0 bridgehead atoms. The summed E-state index contributed by atoms with van der Waals surface area (Å²) in [7, 11) is 0. The SMILES string of the molecule is O=C(Nc1ccc(Br)c(Cl)c1)c1ccc(CSc2ccccc2)cc1. The number of benzene rings is 3. The first-order valence-electron chi connectivity index (χ1n) is 7.65. The Morgan fingerprint density at radius 2 is 1.72 bits per heavy atom. The number of rotatable bonds is 5. The molecule has 0 aromatic heterocycles. The molecule has 3 aromatic carbocycles. The second kappa shape index (κ2) is 8.56. The van der Waals surface area contributed by atoms with Crippen molar-refractivity contribution in [2.24, 2.45) is 0 Å². The third kappa shape index (κ3) is 5.11. The number of anilines is 1. The van der Waals surface area contributed by atoms with Crippen molar-refractivity contribution < 1.29 is 4.79 Å². The van der Waals surface area contributed by atoms with Gasteiger partial charge in [0.1, 0.15) is 0 Å². The van der Waals surface area contributed by atoms with Crippen molar-refractivity contribution in [3.05, 3.63) is 93.4 Å². The Morgan fingerprint density at radius 3 is 2.40 bits per heavy atom. The van der Waals surface area contributed by atoms with Crippen molar-refractivity contribution in [3.63, 3.8) is 0 Å². The Morgan fingerprint density at radius 1 is 1.00 bits per heavy atom. The molecule has 5 heteroatoms. The summed E-state index contributed by atoms with van der Waals surface area (Å²) in [5, 5.41) is 3.42. The molecule has 0 aliphatic rings. The van der Waals surface area contributed by atoms with Gasteiger partial charge in [-0.2, -0.15) is 0 Å². The summed E-state index contributed by atoms with van der Waals surface area (Å²) in [6.07, 6.45) is 0. The normalized spacial score (nSPS) is 10.5. The van der Waals surface area contributed by atoms with E-state index in [-0.39, 0.29) is 5.91 Å². The van der Waals surface area contributed by atoms with Crippen molar-refractivity contribution in [1.82, 2.24) is 0 Å². The fraction of sp³-hybridized carbons (Fsp3) is 0.0500. The smallest absolute Gasteiger partial charge is 0.255 e. The van der Waals surface area contributed by atoms with Crippen LogP contribution in [-0.2, 0) is 5.75 Å². The number of halogens is 2. The van der Waals surface area contributed by atoms with Crippen LogP contribution in [0.2, 0.25) is 5.02 Å². The van der Waals surface area contributed by atoms with Crippen LogP contribution in [0.25, 0.3) is 0 Å². The molecule has 1 N–H and O–H groups in total. The van der Waals surface area contributed by atoms with Crippen LogP contribution in [0.15, 0.2) is 82.2 Å². The van der Waals surface area contributed by atoms with Crippen LogP contribution in [0.5, 0.6) is 0 Å². The van der Waals surface area contributed by atoms with Crippen molar-refractivity contribution >= 4 is 50.9 Å². The number of nitrogens with one attached hydrogen (secondary N) is 1. The van der Waals surface area contributed by atoms with E-state index in [0.717, 1.165) is 10.2 Å². The quantitative estimate of drug-likeness (QED) is 0.457. The van der Waals surface area contributed by atoms with Crippen LogP contribution < -0.4 is 5.32 Å². The average Bonchev–Trinajstić information content (AvgIpc) is 2.64. The Labute approximate surface area is 164 Å². The monoisotopic (exact) mass is 431 g/mol. The van der Waals surface area contributed by atoms with E-state index < -0.39 is 0 Å². The number of amides is 1. The minimum atomic E-state index is -0.152. The lowest BCUT2D eigenvalue weighted by Gasteiger charge is -2.07. The molecule has 0 atom stereocenters. The zero-order valence-corrected chi connectivity index (χ0v) is 16.4. The maximum atomic E-state index is 12.3. The Hall–Kier alpha value is -1.75. The molecule has 0 aliphatic carbocycles. The van der Waals surface area contributed by atoms with Gasteiger partial charge < -0.3 is 5.32 Å². The molecule has 2 nitrogen and oxygen atoms in total. The van der Waals surface area contributed by atoms with Gasteiger partial charge in [0, 0.05) is 26.4 Å². The van der Waals surface area contributed by atoms with Crippen LogP contribution in [0.4, 0.5) is 5.69 Å². The van der Waals surface area contributed by atoms with Gasteiger partial charge >= 0.3 is 0 Å². The van der Waals surface area contributed by atoms with Crippen molar-refractivity contribution in [2.45, 2.75) is 10.6 Å². The molecule has 126 valence electrons. The number of carbonyl (C=O) groups is 1. The first kappa shape index (κ1) is 18.1. The van der Waals surface area contributed by atoms with Crippen molar-refractivity contribution in [3.8, 4) is 0 Å². The molecule has 0 fully saturated rings. The molecule has 0 saturated heterocycles. The highest BCUT2D eigenvalue weighted by atomic mass is 79.9. The second-order valence-electron chi connectivity index (χ2n) is 5.38. The molecule has 25 heavy (non-hydrogen) atoms. The minimum absolute atomic E-state index is 0.152. The fourth-order valence-electron chi connectivity index (χ4n) is 2.21. The largest absolute Gasteiger partial charge is 0.322 e. The van der Waals surface area contributed by atoms with Gasteiger partial charge in [0.25, 0.3) is 5.91 Å². The molecule has 0 aliphatic heterocycles. The van der Waals surface area contributed by atoms with E-state index in [9.17, 15) is 4.79 Å². The lowest BCUT2D eigenvalue weighted by Crippen LogP contribution is -2.11. The number of hydrogen-bond acceptors (Lipinski definition) is 2. The summed E-state index contributed by atoms with van der Waals surface area (Å²) in [5.74, 6) is 0.717. The molecule has 0 unspecified atom stereocenters. The third-order valence-electron chi connectivity index (χ3n) is 3.54. The topological polar surface area (TPSA) is 29.1 Å². The second-order valence-corrected chi connectivity index (χ2v) is 7.69. The van der Waals surface area contributed by atoms with Gasteiger partial charge in [0.05, 0.1) is 5.02 Å². The summed E-state index contributed by atoms with van der Waals surface area (Å²) in [6.45, 7) is 0. The molecule has 0 heterocycles. The van der Waals surface area contributed by atoms with Gasteiger partial charge in [-0.25, -0.2) is 0 Å². The summed E-state index contributed by atoms with van der Waals surface area (Å²) in [4.78, 5) is 13.6. The lowest BCUT2D eigenvalue weighted by atomic mass is 10.1. The number of thioether (sulfide) groups is 1. The third-order valence-corrected chi connectivity index (χ3v) is 5.86. The highest BCUT2D eigenvalue weighted by molar-refractivity contribution is 9.10. The van der Waals surface area contributed by atoms with Crippen molar-refractivity contribution in [1.29, 1.82) is 0 Å². The Balaban J connectivity index is 1.61. The Kier molecular flexibility index (Phi) is 6.19. The lowest BCUT2D eigenvalue weighted by molar-refractivity contribution is 0.102. The Bertz CT molecular complexity index is 869. The van der Waals surface area contributed by atoms with Gasteiger partial charge in [-0.05, 0) is 64.0 Å². The number of hydrogen-bond donors (Lipinski definition) is 1.